The molecule has 1 fully saturated rings. The van der Waals surface area contributed by atoms with Crippen molar-refractivity contribution in [2.75, 3.05) is 23.3 Å². The summed E-state index contributed by atoms with van der Waals surface area (Å²) in [6.07, 6.45) is 7.73. The van der Waals surface area contributed by atoms with Crippen molar-refractivity contribution in [3.8, 4) is 0 Å². The molecule has 3 rings (SSSR count). The molecule has 6 nitrogen and oxygen atoms in total. The Balaban J connectivity index is 1.56. The van der Waals surface area contributed by atoms with Crippen LogP contribution >= 0.6 is 0 Å². The molecule has 1 saturated heterocycles. The molecule has 0 amide bonds. The predicted molar refractivity (Wildman–Crippen MR) is 73.1 cm³/mol. The third-order valence-corrected chi connectivity index (χ3v) is 3.19. The van der Waals surface area contributed by atoms with Gasteiger partial charge in [0, 0.05) is 37.2 Å². The molecule has 3 heterocycles. The number of nitrogens with one attached hydrogen (secondary N) is 1. The van der Waals surface area contributed by atoms with Gasteiger partial charge in [0.25, 0.3) is 0 Å². The van der Waals surface area contributed by atoms with Gasteiger partial charge in [-0.2, -0.15) is 0 Å². The van der Waals surface area contributed by atoms with Crippen LogP contribution in [0.5, 0.6) is 0 Å². The maximum atomic E-state index is 4.28. The van der Waals surface area contributed by atoms with Crippen LogP contribution in [0.4, 0.5) is 11.6 Å². The summed E-state index contributed by atoms with van der Waals surface area (Å²) in [5.41, 5.74) is 1.06. The highest BCUT2D eigenvalue weighted by atomic mass is 15.3. The summed E-state index contributed by atoms with van der Waals surface area (Å²) in [5, 5.41) is 3.41. The number of nitrogens with zero attached hydrogens (tertiary/aromatic N) is 5. The van der Waals surface area contributed by atoms with Gasteiger partial charge in [0.05, 0.1) is 12.2 Å². The topological polar surface area (TPSA) is 66.8 Å². The summed E-state index contributed by atoms with van der Waals surface area (Å²) >= 11 is 0. The zero-order valence-electron chi connectivity index (χ0n) is 10.8. The first-order valence-corrected chi connectivity index (χ1v) is 6.43. The summed E-state index contributed by atoms with van der Waals surface area (Å²) in [4.78, 5) is 19.0. The van der Waals surface area contributed by atoms with Gasteiger partial charge in [-0.05, 0) is 6.42 Å². The van der Waals surface area contributed by atoms with Gasteiger partial charge in [-0.25, -0.2) is 15.0 Å². The standard InChI is InChI=1S/C13H16N6/c1-2-10-5-12(17-9-16-10)18-11-7-19(8-11)13-6-14-3-4-15-13/h3-6,9,11H,2,7-8H2,1H3,(H,16,17,18). The maximum absolute atomic E-state index is 4.28. The highest BCUT2D eigenvalue weighted by molar-refractivity contribution is 5.45. The molecule has 2 aromatic heterocycles. The first kappa shape index (κ1) is 11.8. The fraction of sp³-hybridized carbons (Fsp3) is 0.385. The predicted octanol–water partition coefficient (Wildman–Crippen LogP) is 1.13. The number of anilines is 2. The van der Waals surface area contributed by atoms with Crippen molar-refractivity contribution in [1.82, 2.24) is 19.9 Å². The van der Waals surface area contributed by atoms with Gasteiger partial charge in [0.2, 0.25) is 0 Å². The molecule has 1 aliphatic heterocycles. The summed E-state index contributed by atoms with van der Waals surface area (Å²) in [5.74, 6) is 1.83. The second-order valence-corrected chi connectivity index (χ2v) is 4.56. The third kappa shape index (κ3) is 2.62. The Morgan fingerprint density at radius 2 is 2.16 bits per heavy atom. The number of aromatic nitrogens is 4. The summed E-state index contributed by atoms with van der Waals surface area (Å²) in [6, 6.07) is 2.41. The molecule has 19 heavy (non-hydrogen) atoms. The fourth-order valence-corrected chi connectivity index (χ4v) is 2.09. The van der Waals surface area contributed by atoms with E-state index in [1.165, 1.54) is 0 Å². The van der Waals surface area contributed by atoms with Crippen molar-refractivity contribution in [3.05, 3.63) is 36.7 Å². The average Bonchev–Trinajstić information content (AvgIpc) is 2.43. The van der Waals surface area contributed by atoms with Crippen molar-refractivity contribution in [2.24, 2.45) is 0 Å². The van der Waals surface area contributed by atoms with Crippen LogP contribution in [-0.2, 0) is 6.42 Å². The summed E-state index contributed by atoms with van der Waals surface area (Å²) < 4.78 is 0. The lowest BCUT2D eigenvalue weighted by molar-refractivity contribution is 0.542. The first-order valence-electron chi connectivity index (χ1n) is 6.43. The monoisotopic (exact) mass is 256 g/mol. The van der Waals surface area contributed by atoms with E-state index in [1.807, 2.05) is 6.07 Å². The van der Waals surface area contributed by atoms with Gasteiger partial charge in [-0.15, -0.1) is 0 Å². The average molecular weight is 256 g/mol. The third-order valence-electron chi connectivity index (χ3n) is 3.19. The molecule has 0 unspecified atom stereocenters. The lowest BCUT2D eigenvalue weighted by Crippen LogP contribution is -2.55. The Labute approximate surface area is 111 Å². The van der Waals surface area contributed by atoms with Crippen LogP contribution in [0.2, 0.25) is 0 Å². The van der Waals surface area contributed by atoms with E-state index < -0.39 is 0 Å². The van der Waals surface area contributed by atoms with Gasteiger partial charge in [-0.3, -0.25) is 4.98 Å². The summed E-state index contributed by atoms with van der Waals surface area (Å²) in [6.45, 7) is 3.93. The van der Waals surface area contributed by atoms with E-state index in [2.05, 4.69) is 37.1 Å². The number of hydrogen-bond acceptors (Lipinski definition) is 6. The number of rotatable bonds is 4. The van der Waals surface area contributed by atoms with Crippen LogP contribution < -0.4 is 10.2 Å². The van der Waals surface area contributed by atoms with E-state index in [0.717, 1.165) is 36.8 Å². The van der Waals surface area contributed by atoms with E-state index in [9.17, 15) is 0 Å². The van der Waals surface area contributed by atoms with E-state index in [4.69, 9.17) is 0 Å². The molecule has 98 valence electrons. The number of aryl methyl sites for hydroxylation is 1. The maximum Gasteiger partial charge on any atom is 0.147 e. The molecule has 0 atom stereocenters. The molecule has 0 spiro atoms. The molecule has 0 aromatic carbocycles. The zero-order valence-corrected chi connectivity index (χ0v) is 10.8. The molecule has 6 heteroatoms. The van der Waals surface area contributed by atoms with Crippen molar-refractivity contribution in [3.63, 3.8) is 0 Å². The Bertz CT molecular complexity index is 538. The highest BCUT2D eigenvalue weighted by Gasteiger charge is 2.27. The molecular formula is C13H16N6. The second-order valence-electron chi connectivity index (χ2n) is 4.56. The normalized spacial score (nSPS) is 15.1. The van der Waals surface area contributed by atoms with Gasteiger partial charge in [0.1, 0.15) is 18.0 Å². The largest absolute Gasteiger partial charge is 0.364 e. The van der Waals surface area contributed by atoms with Crippen LogP contribution in [-0.4, -0.2) is 39.1 Å². The SMILES string of the molecule is CCc1cc(NC2CN(c3cnccn3)C2)ncn1. The Morgan fingerprint density at radius 3 is 2.89 bits per heavy atom. The molecule has 2 aromatic rings. The van der Waals surface area contributed by atoms with Gasteiger partial charge in [0.15, 0.2) is 0 Å². The van der Waals surface area contributed by atoms with Crippen molar-refractivity contribution < 1.29 is 0 Å². The Kier molecular flexibility index (Phi) is 3.22. The van der Waals surface area contributed by atoms with E-state index in [-0.39, 0.29) is 0 Å². The van der Waals surface area contributed by atoms with Crippen molar-refractivity contribution in [1.29, 1.82) is 0 Å². The Morgan fingerprint density at radius 1 is 1.26 bits per heavy atom. The smallest absolute Gasteiger partial charge is 0.147 e. The minimum Gasteiger partial charge on any atom is -0.364 e. The van der Waals surface area contributed by atoms with Gasteiger partial charge >= 0.3 is 0 Å². The van der Waals surface area contributed by atoms with Crippen LogP contribution in [0.1, 0.15) is 12.6 Å². The Hall–Kier alpha value is -2.24. The number of hydrogen-bond donors (Lipinski definition) is 1. The quantitative estimate of drug-likeness (QED) is 0.884. The fourth-order valence-electron chi connectivity index (χ4n) is 2.09. The molecule has 0 bridgehead atoms. The molecule has 0 aliphatic carbocycles. The highest BCUT2D eigenvalue weighted by Crippen LogP contribution is 2.19. The van der Waals surface area contributed by atoms with Gasteiger partial charge < -0.3 is 10.2 Å². The lowest BCUT2D eigenvalue weighted by atomic mass is 10.1. The zero-order chi connectivity index (χ0) is 13.1. The van der Waals surface area contributed by atoms with Crippen LogP contribution in [0.3, 0.4) is 0 Å². The first-order chi connectivity index (χ1) is 9.35. The van der Waals surface area contributed by atoms with Crippen LogP contribution in [0.25, 0.3) is 0 Å². The molecule has 0 saturated carbocycles. The second kappa shape index (κ2) is 5.17. The van der Waals surface area contributed by atoms with Crippen molar-refractivity contribution in [2.45, 2.75) is 19.4 Å². The van der Waals surface area contributed by atoms with E-state index in [0.29, 0.717) is 6.04 Å². The van der Waals surface area contributed by atoms with Crippen molar-refractivity contribution >= 4 is 11.6 Å². The van der Waals surface area contributed by atoms with E-state index >= 15 is 0 Å². The van der Waals surface area contributed by atoms with Gasteiger partial charge in [-0.1, -0.05) is 6.92 Å². The summed E-state index contributed by atoms with van der Waals surface area (Å²) in [7, 11) is 0. The molecule has 1 N–H and O–H groups in total. The molecule has 0 radical (unpaired) electrons. The van der Waals surface area contributed by atoms with Crippen LogP contribution in [0, 0.1) is 0 Å². The lowest BCUT2D eigenvalue weighted by Gasteiger charge is -2.40. The molecular weight excluding hydrogens is 240 g/mol. The van der Waals surface area contributed by atoms with Crippen LogP contribution in [0.15, 0.2) is 31.0 Å². The van der Waals surface area contributed by atoms with E-state index in [1.54, 1.807) is 24.9 Å². The minimum absolute atomic E-state index is 0.404. The molecule has 1 aliphatic rings. The minimum atomic E-state index is 0.404.